The van der Waals surface area contributed by atoms with E-state index < -0.39 is 0 Å². The van der Waals surface area contributed by atoms with Crippen molar-refractivity contribution in [1.29, 1.82) is 0 Å². The molecule has 2 nitrogen and oxygen atoms in total. The Hall–Kier alpha value is -1.02. The highest BCUT2D eigenvalue weighted by atomic mass is 15.1. The van der Waals surface area contributed by atoms with Crippen LogP contribution in [0.2, 0.25) is 0 Å². The summed E-state index contributed by atoms with van der Waals surface area (Å²) in [5.74, 6) is 0.593. The van der Waals surface area contributed by atoms with E-state index in [0.29, 0.717) is 5.92 Å². The number of nitrogens with two attached hydrogens (primary N) is 1. The summed E-state index contributed by atoms with van der Waals surface area (Å²) in [6.45, 7) is 6.23. The molecule has 0 heterocycles. The zero-order chi connectivity index (χ0) is 12.7. The van der Waals surface area contributed by atoms with Gasteiger partial charge in [-0.25, -0.2) is 0 Å². The van der Waals surface area contributed by atoms with Crippen LogP contribution in [-0.2, 0) is 6.42 Å². The highest BCUT2D eigenvalue weighted by molar-refractivity contribution is 5.46. The lowest BCUT2D eigenvalue weighted by atomic mass is 10.1. The lowest BCUT2D eigenvalue weighted by molar-refractivity contribution is 0.521. The van der Waals surface area contributed by atoms with Crippen LogP contribution in [-0.4, -0.2) is 20.1 Å². The minimum Gasteiger partial charge on any atom is -0.374 e. The van der Waals surface area contributed by atoms with Crippen molar-refractivity contribution in [3.8, 4) is 0 Å². The summed E-state index contributed by atoms with van der Waals surface area (Å²) in [5.41, 5.74) is 8.46. The van der Waals surface area contributed by atoms with Crippen LogP contribution in [0.25, 0.3) is 0 Å². The van der Waals surface area contributed by atoms with E-state index in [4.69, 9.17) is 5.73 Å². The van der Waals surface area contributed by atoms with E-state index in [0.717, 1.165) is 19.5 Å². The van der Waals surface area contributed by atoms with E-state index in [9.17, 15) is 0 Å². The summed E-state index contributed by atoms with van der Waals surface area (Å²) in [5, 5.41) is 0. The van der Waals surface area contributed by atoms with E-state index in [2.05, 4.69) is 50.1 Å². The van der Waals surface area contributed by atoms with Crippen LogP contribution in [0, 0.1) is 5.92 Å². The molecule has 0 aliphatic heterocycles. The SMILES string of the molecule is CCCc1ccc(N(C)CC(CC)CN)cc1. The van der Waals surface area contributed by atoms with Gasteiger partial charge in [-0.15, -0.1) is 0 Å². The summed E-state index contributed by atoms with van der Waals surface area (Å²) in [7, 11) is 2.15. The van der Waals surface area contributed by atoms with E-state index >= 15 is 0 Å². The standard InChI is InChI=1S/C15H26N2/c1-4-6-14-7-9-15(10-8-14)17(3)12-13(5-2)11-16/h7-10,13H,4-6,11-12,16H2,1-3H3. The fourth-order valence-corrected chi connectivity index (χ4v) is 2.07. The van der Waals surface area contributed by atoms with Crippen LogP contribution in [0.1, 0.15) is 32.3 Å². The highest BCUT2D eigenvalue weighted by Gasteiger charge is 2.08. The summed E-state index contributed by atoms with van der Waals surface area (Å²) < 4.78 is 0. The van der Waals surface area contributed by atoms with Gasteiger partial charge >= 0.3 is 0 Å². The van der Waals surface area contributed by atoms with Gasteiger partial charge in [0.2, 0.25) is 0 Å². The molecular formula is C15H26N2. The maximum absolute atomic E-state index is 5.75. The smallest absolute Gasteiger partial charge is 0.0363 e. The number of aryl methyl sites for hydroxylation is 1. The van der Waals surface area contributed by atoms with E-state index in [-0.39, 0.29) is 0 Å². The molecular weight excluding hydrogens is 208 g/mol. The average molecular weight is 234 g/mol. The molecule has 0 saturated heterocycles. The molecule has 0 amide bonds. The first-order valence-electron chi connectivity index (χ1n) is 6.71. The largest absolute Gasteiger partial charge is 0.374 e. The molecule has 1 atom stereocenters. The molecule has 2 heteroatoms. The number of benzene rings is 1. The third-order valence-corrected chi connectivity index (χ3v) is 3.36. The van der Waals surface area contributed by atoms with Gasteiger partial charge in [0.05, 0.1) is 0 Å². The molecule has 0 aromatic heterocycles. The molecule has 1 unspecified atom stereocenters. The second-order valence-electron chi connectivity index (χ2n) is 4.81. The van der Waals surface area contributed by atoms with Gasteiger partial charge in [0.15, 0.2) is 0 Å². The molecule has 0 bridgehead atoms. The van der Waals surface area contributed by atoms with Crippen molar-refractivity contribution in [3.05, 3.63) is 29.8 Å². The fraction of sp³-hybridized carbons (Fsp3) is 0.600. The van der Waals surface area contributed by atoms with Crippen LogP contribution in [0.4, 0.5) is 5.69 Å². The van der Waals surface area contributed by atoms with Crippen molar-refractivity contribution >= 4 is 5.69 Å². The molecule has 0 aliphatic carbocycles. The van der Waals surface area contributed by atoms with Gasteiger partial charge in [-0.2, -0.15) is 0 Å². The molecule has 0 fully saturated rings. The molecule has 96 valence electrons. The van der Waals surface area contributed by atoms with Crippen molar-refractivity contribution < 1.29 is 0 Å². The molecule has 0 radical (unpaired) electrons. The highest BCUT2D eigenvalue weighted by Crippen LogP contribution is 2.16. The van der Waals surface area contributed by atoms with Crippen molar-refractivity contribution in [2.75, 3.05) is 25.0 Å². The summed E-state index contributed by atoms with van der Waals surface area (Å²) in [6, 6.07) is 8.90. The average Bonchev–Trinajstić information content (AvgIpc) is 2.37. The summed E-state index contributed by atoms with van der Waals surface area (Å²) in [4.78, 5) is 2.30. The first kappa shape index (κ1) is 14.0. The normalized spacial score (nSPS) is 12.5. The predicted molar refractivity (Wildman–Crippen MR) is 76.5 cm³/mol. The van der Waals surface area contributed by atoms with E-state index in [1.165, 1.54) is 24.1 Å². The zero-order valence-electron chi connectivity index (χ0n) is 11.4. The molecule has 1 aromatic rings. The maximum atomic E-state index is 5.75. The number of hydrogen-bond donors (Lipinski definition) is 1. The number of anilines is 1. The topological polar surface area (TPSA) is 29.3 Å². The predicted octanol–water partition coefficient (Wildman–Crippen LogP) is 3.06. The van der Waals surface area contributed by atoms with Crippen molar-refractivity contribution in [3.63, 3.8) is 0 Å². The fourth-order valence-electron chi connectivity index (χ4n) is 2.07. The lowest BCUT2D eigenvalue weighted by Crippen LogP contribution is -2.29. The third kappa shape index (κ3) is 4.39. The molecule has 0 saturated carbocycles. The maximum Gasteiger partial charge on any atom is 0.0363 e. The Balaban J connectivity index is 2.59. The van der Waals surface area contributed by atoms with E-state index in [1.54, 1.807) is 0 Å². The Morgan fingerprint density at radius 2 is 1.82 bits per heavy atom. The Labute approximate surface area is 106 Å². The second kappa shape index (κ2) is 7.33. The van der Waals surface area contributed by atoms with Gasteiger partial charge in [-0.05, 0) is 36.6 Å². The summed E-state index contributed by atoms with van der Waals surface area (Å²) in [6.07, 6.45) is 3.53. The monoisotopic (exact) mass is 234 g/mol. The van der Waals surface area contributed by atoms with Crippen LogP contribution in [0.15, 0.2) is 24.3 Å². The minimum absolute atomic E-state index is 0.593. The van der Waals surface area contributed by atoms with E-state index in [1.807, 2.05) is 0 Å². The molecule has 0 aliphatic rings. The van der Waals surface area contributed by atoms with Gasteiger partial charge in [-0.1, -0.05) is 38.8 Å². The Morgan fingerprint density at radius 1 is 1.18 bits per heavy atom. The molecule has 2 N–H and O–H groups in total. The molecule has 1 aromatic carbocycles. The third-order valence-electron chi connectivity index (χ3n) is 3.36. The Morgan fingerprint density at radius 3 is 2.29 bits per heavy atom. The lowest BCUT2D eigenvalue weighted by Gasteiger charge is -2.24. The molecule has 17 heavy (non-hydrogen) atoms. The first-order chi connectivity index (χ1) is 8.21. The van der Waals surface area contributed by atoms with Gasteiger partial charge in [0, 0.05) is 19.3 Å². The second-order valence-corrected chi connectivity index (χ2v) is 4.81. The van der Waals surface area contributed by atoms with Gasteiger partial charge < -0.3 is 10.6 Å². The van der Waals surface area contributed by atoms with Crippen LogP contribution < -0.4 is 10.6 Å². The summed E-state index contributed by atoms with van der Waals surface area (Å²) >= 11 is 0. The Kier molecular flexibility index (Phi) is 6.06. The van der Waals surface area contributed by atoms with Crippen LogP contribution >= 0.6 is 0 Å². The molecule has 1 rings (SSSR count). The van der Waals surface area contributed by atoms with Crippen LogP contribution in [0.3, 0.4) is 0 Å². The Bertz CT molecular complexity index is 301. The zero-order valence-corrected chi connectivity index (χ0v) is 11.4. The molecule has 0 spiro atoms. The minimum atomic E-state index is 0.593. The van der Waals surface area contributed by atoms with Gasteiger partial charge in [0.1, 0.15) is 0 Å². The van der Waals surface area contributed by atoms with Crippen molar-refractivity contribution in [1.82, 2.24) is 0 Å². The van der Waals surface area contributed by atoms with Crippen molar-refractivity contribution in [2.45, 2.75) is 33.1 Å². The first-order valence-corrected chi connectivity index (χ1v) is 6.71. The van der Waals surface area contributed by atoms with Gasteiger partial charge in [0.25, 0.3) is 0 Å². The van der Waals surface area contributed by atoms with Gasteiger partial charge in [-0.3, -0.25) is 0 Å². The number of hydrogen-bond acceptors (Lipinski definition) is 2. The van der Waals surface area contributed by atoms with Crippen molar-refractivity contribution in [2.24, 2.45) is 11.7 Å². The quantitative estimate of drug-likeness (QED) is 0.785. The van der Waals surface area contributed by atoms with Crippen LogP contribution in [0.5, 0.6) is 0 Å². The number of nitrogens with zero attached hydrogens (tertiary/aromatic N) is 1. The number of rotatable bonds is 7.